The lowest BCUT2D eigenvalue weighted by molar-refractivity contribution is -0.128. The van der Waals surface area contributed by atoms with Crippen LogP contribution in [0.5, 0.6) is 11.5 Å². The molecular weight excluding hydrogens is 370 g/mol. The number of hydrogen-bond donors (Lipinski definition) is 2. The lowest BCUT2D eigenvalue weighted by Crippen LogP contribution is -2.32. The molecule has 1 fully saturated rings. The van der Waals surface area contributed by atoms with Gasteiger partial charge in [0.25, 0.3) is 0 Å². The minimum absolute atomic E-state index is 0.198. The molecule has 0 aromatic heterocycles. The molecule has 1 atom stereocenters. The zero-order valence-corrected chi connectivity index (χ0v) is 17.0. The fourth-order valence-electron chi connectivity index (χ4n) is 3.32. The Morgan fingerprint density at radius 3 is 2.69 bits per heavy atom. The molecule has 2 aromatic rings. The Kier molecular flexibility index (Phi) is 6.59. The number of carbonyl (C=O) groups is 2. The van der Waals surface area contributed by atoms with Crippen molar-refractivity contribution in [2.45, 2.75) is 32.4 Å². The molecule has 2 aromatic carbocycles. The van der Waals surface area contributed by atoms with Crippen LogP contribution in [0.2, 0.25) is 0 Å². The SMILES string of the molecule is COc1ccc(OC)c(NC(=O)C(C)Nc2cccc(CN3CCCC3=O)c2)c1. The van der Waals surface area contributed by atoms with Gasteiger partial charge in [0.15, 0.2) is 0 Å². The van der Waals surface area contributed by atoms with E-state index >= 15 is 0 Å². The molecule has 0 radical (unpaired) electrons. The van der Waals surface area contributed by atoms with Gasteiger partial charge in [-0.3, -0.25) is 9.59 Å². The van der Waals surface area contributed by atoms with Crippen LogP contribution in [0.1, 0.15) is 25.3 Å². The van der Waals surface area contributed by atoms with Crippen molar-refractivity contribution in [1.29, 1.82) is 0 Å². The van der Waals surface area contributed by atoms with Crippen molar-refractivity contribution in [3.05, 3.63) is 48.0 Å². The second-order valence-electron chi connectivity index (χ2n) is 7.04. The van der Waals surface area contributed by atoms with Gasteiger partial charge in [-0.2, -0.15) is 0 Å². The fourth-order valence-corrected chi connectivity index (χ4v) is 3.32. The van der Waals surface area contributed by atoms with Crippen LogP contribution < -0.4 is 20.1 Å². The van der Waals surface area contributed by atoms with Gasteiger partial charge in [0.05, 0.1) is 19.9 Å². The minimum atomic E-state index is -0.477. The number of nitrogens with one attached hydrogen (secondary N) is 2. The van der Waals surface area contributed by atoms with Crippen LogP contribution in [0.15, 0.2) is 42.5 Å². The molecule has 3 rings (SSSR count). The highest BCUT2D eigenvalue weighted by Crippen LogP contribution is 2.29. The summed E-state index contributed by atoms with van der Waals surface area (Å²) in [5, 5.41) is 6.09. The Labute approximate surface area is 171 Å². The van der Waals surface area contributed by atoms with Gasteiger partial charge in [-0.15, -0.1) is 0 Å². The predicted octanol–water partition coefficient (Wildman–Crippen LogP) is 3.27. The number of carbonyl (C=O) groups excluding carboxylic acids is 2. The number of ether oxygens (including phenoxy) is 2. The average Bonchev–Trinajstić information content (AvgIpc) is 3.12. The Morgan fingerprint density at radius 2 is 2.00 bits per heavy atom. The van der Waals surface area contributed by atoms with Crippen molar-refractivity contribution in [3.63, 3.8) is 0 Å². The summed E-state index contributed by atoms with van der Waals surface area (Å²) in [6, 6.07) is 12.6. The first-order valence-corrected chi connectivity index (χ1v) is 9.66. The van der Waals surface area contributed by atoms with Gasteiger partial charge in [0.2, 0.25) is 11.8 Å². The summed E-state index contributed by atoms with van der Waals surface area (Å²) in [4.78, 5) is 26.4. The van der Waals surface area contributed by atoms with Gasteiger partial charge in [-0.25, -0.2) is 0 Å². The molecule has 1 saturated heterocycles. The second kappa shape index (κ2) is 9.32. The molecule has 0 saturated carbocycles. The third-order valence-corrected chi connectivity index (χ3v) is 4.91. The van der Waals surface area contributed by atoms with Crippen LogP contribution in [-0.4, -0.2) is 43.5 Å². The van der Waals surface area contributed by atoms with Crippen molar-refractivity contribution in [1.82, 2.24) is 4.90 Å². The zero-order valence-electron chi connectivity index (χ0n) is 17.0. The molecule has 0 spiro atoms. The molecule has 1 aliphatic heterocycles. The van der Waals surface area contributed by atoms with E-state index in [0.717, 1.165) is 24.2 Å². The third-order valence-electron chi connectivity index (χ3n) is 4.91. The van der Waals surface area contributed by atoms with E-state index in [0.29, 0.717) is 30.2 Å². The molecule has 1 heterocycles. The number of likely N-dealkylation sites (tertiary alicyclic amines) is 1. The van der Waals surface area contributed by atoms with E-state index < -0.39 is 6.04 Å². The topological polar surface area (TPSA) is 79.9 Å². The monoisotopic (exact) mass is 397 g/mol. The molecular formula is C22H27N3O4. The minimum Gasteiger partial charge on any atom is -0.497 e. The highest BCUT2D eigenvalue weighted by atomic mass is 16.5. The lowest BCUT2D eigenvalue weighted by atomic mass is 10.1. The number of rotatable bonds is 8. The zero-order chi connectivity index (χ0) is 20.8. The molecule has 154 valence electrons. The number of hydrogen-bond acceptors (Lipinski definition) is 5. The van der Waals surface area contributed by atoms with E-state index in [4.69, 9.17) is 9.47 Å². The summed E-state index contributed by atoms with van der Waals surface area (Å²) >= 11 is 0. The van der Waals surface area contributed by atoms with Crippen LogP contribution >= 0.6 is 0 Å². The molecule has 1 unspecified atom stereocenters. The quantitative estimate of drug-likeness (QED) is 0.715. The van der Waals surface area contributed by atoms with Crippen LogP contribution in [0.25, 0.3) is 0 Å². The first-order valence-electron chi connectivity index (χ1n) is 9.66. The molecule has 0 aliphatic carbocycles. The summed E-state index contributed by atoms with van der Waals surface area (Å²) in [5.74, 6) is 1.19. The Bertz CT molecular complexity index is 884. The van der Waals surface area contributed by atoms with Crippen molar-refractivity contribution < 1.29 is 19.1 Å². The van der Waals surface area contributed by atoms with E-state index in [1.807, 2.05) is 29.2 Å². The second-order valence-corrected chi connectivity index (χ2v) is 7.04. The van der Waals surface area contributed by atoms with Crippen molar-refractivity contribution in [3.8, 4) is 11.5 Å². The van der Waals surface area contributed by atoms with Crippen molar-refractivity contribution >= 4 is 23.2 Å². The molecule has 2 N–H and O–H groups in total. The Balaban J connectivity index is 1.64. The Hall–Kier alpha value is -3.22. The van der Waals surface area contributed by atoms with Gasteiger partial charge in [-0.1, -0.05) is 12.1 Å². The average molecular weight is 397 g/mol. The van der Waals surface area contributed by atoms with E-state index in [9.17, 15) is 9.59 Å². The summed E-state index contributed by atoms with van der Waals surface area (Å²) in [7, 11) is 3.12. The lowest BCUT2D eigenvalue weighted by Gasteiger charge is -2.19. The smallest absolute Gasteiger partial charge is 0.246 e. The van der Waals surface area contributed by atoms with Crippen molar-refractivity contribution in [2.24, 2.45) is 0 Å². The van der Waals surface area contributed by atoms with E-state index in [-0.39, 0.29) is 11.8 Å². The van der Waals surface area contributed by atoms with Crippen LogP contribution in [0.4, 0.5) is 11.4 Å². The number of amides is 2. The standard InChI is InChI=1S/C22H27N3O4/c1-15(22(27)24-19-13-18(28-2)9-10-20(19)29-3)23-17-7-4-6-16(12-17)14-25-11-5-8-21(25)26/h4,6-7,9-10,12-13,15,23H,5,8,11,14H2,1-3H3,(H,24,27). The van der Waals surface area contributed by atoms with Gasteiger partial charge in [-0.05, 0) is 43.2 Å². The predicted molar refractivity (Wildman–Crippen MR) is 112 cm³/mol. The summed E-state index contributed by atoms with van der Waals surface area (Å²) in [6.45, 7) is 3.19. The largest absolute Gasteiger partial charge is 0.497 e. The van der Waals surface area contributed by atoms with Gasteiger partial charge < -0.3 is 25.0 Å². The molecule has 2 amide bonds. The molecule has 1 aliphatic rings. The normalized spacial score (nSPS) is 14.4. The summed E-state index contributed by atoms with van der Waals surface area (Å²) in [5.41, 5.74) is 2.41. The molecule has 7 nitrogen and oxygen atoms in total. The van der Waals surface area contributed by atoms with Gasteiger partial charge in [0.1, 0.15) is 17.5 Å². The van der Waals surface area contributed by atoms with E-state index in [1.165, 1.54) is 0 Å². The number of anilines is 2. The number of nitrogens with zero attached hydrogens (tertiary/aromatic N) is 1. The maximum atomic E-state index is 12.7. The molecule has 0 bridgehead atoms. The molecule has 7 heteroatoms. The van der Waals surface area contributed by atoms with Crippen molar-refractivity contribution in [2.75, 3.05) is 31.4 Å². The number of benzene rings is 2. The van der Waals surface area contributed by atoms with Gasteiger partial charge >= 0.3 is 0 Å². The fraction of sp³-hybridized carbons (Fsp3) is 0.364. The molecule has 29 heavy (non-hydrogen) atoms. The van der Waals surface area contributed by atoms with Crippen LogP contribution in [0.3, 0.4) is 0 Å². The maximum absolute atomic E-state index is 12.7. The highest BCUT2D eigenvalue weighted by molar-refractivity contribution is 5.97. The van der Waals surface area contributed by atoms with Crippen LogP contribution in [-0.2, 0) is 16.1 Å². The highest BCUT2D eigenvalue weighted by Gasteiger charge is 2.20. The number of methoxy groups -OCH3 is 2. The van der Waals surface area contributed by atoms with Crippen LogP contribution in [0, 0.1) is 0 Å². The van der Waals surface area contributed by atoms with E-state index in [2.05, 4.69) is 10.6 Å². The first kappa shape index (κ1) is 20.5. The maximum Gasteiger partial charge on any atom is 0.246 e. The summed E-state index contributed by atoms with van der Waals surface area (Å²) < 4.78 is 10.5. The van der Waals surface area contributed by atoms with E-state index in [1.54, 1.807) is 39.3 Å². The third kappa shape index (κ3) is 5.19. The first-order chi connectivity index (χ1) is 14.0. The Morgan fingerprint density at radius 1 is 1.17 bits per heavy atom. The van der Waals surface area contributed by atoms with Gasteiger partial charge in [0, 0.05) is 31.3 Å². The summed E-state index contributed by atoms with van der Waals surface area (Å²) in [6.07, 6.45) is 1.55.